The molecule has 3 rings (SSSR count). The van der Waals surface area contributed by atoms with Crippen molar-refractivity contribution in [1.82, 2.24) is 0 Å². The van der Waals surface area contributed by atoms with Crippen molar-refractivity contribution in [2.75, 3.05) is 7.11 Å². The van der Waals surface area contributed by atoms with Crippen molar-refractivity contribution in [2.45, 2.75) is 18.6 Å². The van der Waals surface area contributed by atoms with Crippen LogP contribution in [0.3, 0.4) is 0 Å². The Morgan fingerprint density at radius 1 is 1.09 bits per heavy atom. The number of hydrogen-bond donors (Lipinski definition) is 0. The molecule has 22 heavy (non-hydrogen) atoms. The van der Waals surface area contributed by atoms with Gasteiger partial charge in [0.1, 0.15) is 12.1 Å². The van der Waals surface area contributed by atoms with Gasteiger partial charge in [0.2, 0.25) is 5.90 Å². The first-order valence-corrected chi connectivity index (χ1v) is 7.19. The normalized spacial score (nSPS) is 20.1. The maximum Gasteiger partial charge on any atom is 0.309 e. The second-order valence-electron chi connectivity index (χ2n) is 5.09. The Kier molecular flexibility index (Phi) is 4.19. The maximum atomic E-state index is 11.6. The summed E-state index contributed by atoms with van der Waals surface area (Å²) in [5, 5.41) is 0. The topological polar surface area (TPSA) is 47.9 Å². The molecule has 0 N–H and O–H groups in total. The van der Waals surface area contributed by atoms with Crippen molar-refractivity contribution < 1.29 is 14.3 Å². The Morgan fingerprint density at radius 2 is 1.73 bits per heavy atom. The quantitative estimate of drug-likeness (QED) is 0.814. The van der Waals surface area contributed by atoms with Gasteiger partial charge in [0.05, 0.1) is 13.5 Å². The fourth-order valence-electron chi connectivity index (χ4n) is 2.51. The number of nitrogens with zero attached hydrogens (tertiary/aromatic N) is 1. The van der Waals surface area contributed by atoms with E-state index in [0.29, 0.717) is 5.90 Å². The molecule has 0 aliphatic carbocycles. The lowest BCUT2D eigenvalue weighted by Gasteiger charge is -2.16. The molecule has 0 amide bonds. The van der Waals surface area contributed by atoms with Gasteiger partial charge in [-0.3, -0.25) is 4.79 Å². The molecule has 0 saturated heterocycles. The van der Waals surface area contributed by atoms with Gasteiger partial charge in [-0.1, -0.05) is 48.5 Å². The number of esters is 1. The minimum Gasteiger partial charge on any atom is -0.471 e. The van der Waals surface area contributed by atoms with Crippen LogP contribution in [-0.2, 0) is 14.3 Å². The van der Waals surface area contributed by atoms with Gasteiger partial charge in [-0.2, -0.15) is 0 Å². The van der Waals surface area contributed by atoms with Crippen molar-refractivity contribution in [2.24, 2.45) is 4.99 Å². The Balaban J connectivity index is 1.90. The monoisotopic (exact) mass is 295 g/mol. The minimum absolute atomic E-state index is 0.176. The van der Waals surface area contributed by atoms with Crippen LogP contribution in [0.15, 0.2) is 65.7 Å². The van der Waals surface area contributed by atoms with Gasteiger partial charge in [0.25, 0.3) is 0 Å². The van der Waals surface area contributed by atoms with E-state index in [4.69, 9.17) is 9.47 Å². The number of aliphatic imine (C=N–C) groups is 1. The summed E-state index contributed by atoms with van der Waals surface area (Å²) in [7, 11) is 1.38. The number of benzene rings is 2. The van der Waals surface area contributed by atoms with Crippen LogP contribution in [0.4, 0.5) is 0 Å². The van der Waals surface area contributed by atoms with Gasteiger partial charge in [-0.25, -0.2) is 4.99 Å². The lowest BCUT2D eigenvalue weighted by Crippen LogP contribution is -2.21. The number of rotatable bonds is 4. The lowest BCUT2D eigenvalue weighted by molar-refractivity contribution is -0.142. The average Bonchev–Trinajstić information content (AvgIpc) is 3.00. The van der Waals surface area contributed by atoms with Gasteiger partial charge >= 0.3 is 5.97 Å². The Morgan fingerprint density at radius 3 is 2.36 bits per heavy atom. The third-order valence-corrected chi connectivity index (χ3v) is 3.63. The number of methoxy groups -OCH3 is 1. The Hall–Kier alpha value is -2.62. The zero-order chi connectivity index (χ0) is 15.4. The van der Waals surface area contributed by atoms with Crippen LogP contribution in [0.25, 0.3) is 0 Å². The van der Waals surface area contributed by atoms with Crippen molar-refractivity contribution in [3.8, 4) is 0 Å². The summed E-state index contributed by atoms with van der Waals surface area (Å²) < 4.78 is 10.7. The molecule has 0 radical (unpaired) electrons. The molecule has 0 fully saturated rings. The molecular weight excluding hydrogens is 278 g/mol. The first-order chi connectivity index (χ1) is 10.8. The van der Waals surface area contributed by atoms with E-state index in [-0.39, 0.29) is 24.5 Å². The predicted molar refractivity (Wildman–Crippen MR) is 83.7 cm³/mol. The summed E-state index contributed by atoms with van der Waals surface area (Å²) in [5.74, 6) is 0.277. The van der Waals surface area contributed by atoms with E-state index in [2.05, 4.69) is 4.99 Å². The van der Waals surface area contributed by atoms with Crippen molar-refractivity contribution in [3.63, 3.8) is 0 Å². The zero-order valence-corrected chi connectivity index (χ0v) is 12.3. The zero-order valence-electron chi connectivity index (χ0n) is 12.3. The van der Waals surface area contributed by atoms with E-state index in [1.54, 1.807) is 0 Å². The van der Waals surface area contributed by atoms with E-state index >= 15 is 0 Å². The molecule has 0 spiro atoms. The first-order valence-electron chi connectivity index (χ1n) is 7.19. The largest absolute Gasteiger partial charge is 0.471 e. The molecule has 2 atom stereocenters. The maximum absolute atomic E-state index is 11.6. The third kappa shape index (κ3) is 3.01. The van der Waals surface area contributed by atoms with Crippen LogP contribution in [-0.4, -0.2) is 25.1 Å². The van der Waals surface area contributed by atoms with Gasteiger partial charge in [0, 0.05) is 5.56 Å². The summed E-state index contributed by atoms with van der Waals surface area (Å²) in [5.41, 5.74) is 1.94. The minimum atomic E-state index is -0.343. The summed E-state index contributed by atoms with van der Waals surface area (Å²) in [6.45, 7) is 0. The standard InChI is InChI=1S/C18H17NO3/c1-21-16(20)12-15-17(13-8-4-2-5-9-13)19-18(22-15)14-10-6-3-7-11-14/h2-11,15,17H,12H2,1H3/t15-,17-/m0/s1. The van der Waals surface area contributed by atoms with Crippen molar-refractivity contribution >= 4 is 11.9 Å². The molecule has 1 heterocycles. The number of ether oxygens (including phenoxy) is 2. The highest BCUT2D eigenvalue weighted by Gasteiger charge is 2.34. The molecule has 2 aromatic rings. The summed E-state index contributed by atoms with van der Waals surface area (Å²) in [6.07, 6.45) is -0.166. The highest BCUT2D eigenvalue weighted by molar-refractivity contribution is 5.95. The smallest absolute Gasteiger partial charge is 0.309 e. The molecule has 2 aromatic carbocycles. The summed E-state index contributed by atoms with van der Waals surface area (Å²) in [4.78, 5) is 16.3. The van der Waals surface area contributed by atoms with Crippen LogP contribution >= 0.6 is 0 Å². The molecule has 4 heteroatoms. The van der Waals surface area contributed by atoms with E-state index < -0.39 is 0 Å². The summed E-state index contributed by atoms with van der Waals surface area (Å²) >= 11 is 0. The van der Waals surface area contributed by atoms with Crippen LogP contribution < -0.4 is 0 Å². The van der Waals surface area contributed by atoms with Gasteiger partial charge in [0.15, 0.2) is 0 Å². The van der Waals surface area contributed by atoms with E-state index in [1.807, 2.05) is 60.7 Å². The molecule has 4 nitrogen and oxygen atoms in total. The average molecular weight is 295 g/mol. The molecule has 0 aromatic heterocycles. The Bertz CT molecular complexity index is 667. The number of hydrogen-bond acceptors (Lipinski definition) is 4. The molecular formula is C18H17NO3. The SMILES string of the molecule is COC(=O)C[C@@H]1OC(c2ccccc2)=N[C@H]1c1ccccc1. The summed E-state index contributed by atoms with van der Waals surface area (Å²) in [6, 6.07) is 19.4. The fourth-order valence-corrected chi connectivity index (χ4v) is 2.51. The number of carbonyl (C=O) groups is 1. The molecule has 1 aliphatic rings. The van der Waals surface area contributed by atoms with Gasteiger partial charge < -0.3 is 9.47 Å². The second kappa shape index (κ2) is 6.43. The lowest BCUT2D eigenvalue weighted by atomic mass is 10.0. The third-order valence-electron chi connectivity index (χ3n) is 3.63. The number of carbonyl (C=O) groups excluding carboxylic acids is 1. The van der Waals surface area contributed by atoms with Gasteiger partial charge in [-0.15, -0.1) is 0 Å². The van der Waals surface area contributed by atoms with E-state index in [9.17, 15) is 4.79 Å². The van der Waals surface area contributed by atoms with E-state index in [1.165, 1.54) is 7.11 Å². The molecule has 0 unspecified atom stereocenters. The predicted octanol–water partition coefficient (Wildman–Crippen LogP) is 3.14. The highest BCUT2D eigenvalue weighted by atomic mass is 16.5. The van der Waals surface area contributed by atoms with Crippen molar-refractivity contribution in [1.29, 1.82) is 0 Å². The van der Waals surface area contributed by atoms with Crippen LogP contribution in [0, 0.1) is 0 Å². The molecule has 112 valence electrons. The van der Waals surface area contributed by atoms with Crippen molar-refractivity contribution in [3.05, 3.63) is 71.8 Å². The van der Waals surface area contributed by atoms with E-state index in [0.717, 1.165) is 11.1 Å². The molecule has 0 bridgehead atoms. The Labute approximate surface area is 129 Å². The first kappa shape index (κ1) is 14.3. The van der Waals surface area contributed by atoms with Crippen LogP contribution in [0.1, 0.15) is 23.6 Å². The van der Waals surface area contributed by atoms with Crippen LogP contribution in [0.5, 0.6) is 0 Å². The van der Waals surface area contributed by atoms with Crippen LogP contribution in [0.2, 0.25) is 0 Å². The highest BCUT2D eigenvalue weighted by Crippen LogP contribution is 2.32. The van der Waals surface area contributed by atoms with Gasteiger partial charge in [-0.05, 0) is 17.7 Å². The molecule has 1 aliphatic heterocycles. The molecule has 0 saturated carbocycles. The fraction of sp³-hybridized carbons (Fsp3) is 0.222. The second-order valence-corrected chi connectivity index (χ2v) is 5.09.